The molecule has 1 saturated heterocycles. The van der Waals surface area contributed by atoms with Crippen molar-refractivity contribution in [1.29, 1.82) is 0 Å². The predicted octanol–water partition coefficient (Wildman–Crippen LogP) is 1.10. The molecule has 0 bridgehead atoms. The van der Waals surface area contributed by atoms with Gasteiger partial charge in [-0.05, 0) is 11.8 Å². The molecule has 0 spiro atoms. The lowest BCUT2D eigenvalue weighted by Crippen LogP contribution is -2.32. The molecule has 9 heteroatoms. The molecule has 0 atom stereocenters. The topological polar surface area (TPSA) is 92.7 Å². The molecule has 2 aromatic heterocycles. The van der Waals surface area contributed by atoms with Gasteiger partial charge in [0, 0.05) is 24.7 Å². The van der Waals surface area contributed by atoms with Crippen molar-refractivity contribution in [2.45, 2.75) is 25.3 Å². The second-order valence-electron chi connectivity index (χ2n) is 5.72. The van der Waals surface area contributed by atoms with Crippen LogP contribution in [0.1, 0.15) is 20.3 Å². The van der Waals surface area contributed by atoms with Gasteiger partial charge in [0.1, 0.15) is 0 Å². The summed E-state index contributed by atoms with van der Waals surface area (Å²) in [6.45, 7) is 5.18. The summed E-state index contributed by atoms with van der Waals surface area (Å²) in [7, 11) is -3.61. The van der Waals surface area contributed by atoms with Crippen LogP contribution in [0.4, 0.5) is 5.82 Å². The average molecular weight is 315 g/mol. The molecule has 0 radical (unpaired) electrons. The molecule has 2 aromatic rings. The molecule has 0 unspecified atom stereocenters. The minimum Gasteiger partial charge on any atom is -0.306 e. The Kier molecular flexibility index (Phi) is 3.05. The fraction of sp³-hybridized carbons (Fsp3) is 0.545. The second kappa shape index (κ2) is 4.42. The van der Waals surface area contributed by atoms with Crippen LogP contribution < -0.4 is 11.3 Å². The maximum atomic E-state index is 12.8. The van der Waals surface area contributed by atoms with Gasteiger partial charge in [-0.25, -0.2) is 14.3 Å². The number of aromatic nitrogens is 2. The molecule has 0 amide bonds. The van der Waals surface area contributed by atoms with Gasteiger partial charge >= 0.3 is 0 Å². The van der Waals surface area contributed by atoms with Gasteiger partial charge in [0.25, 0.3) is 10.0 Å². The zero-order valence-corrected chi connectivity index (χ0v) is 13.0. The highest BCUT2D eigenvalue weighted by Gasteiger charge is 2.39. The molecule has 3 N–H and O–H groups in total. The average Bonchev–Trinajstić information content (AvgIpc) is 3.00. The van der Waals surface area contributed by atoms with E-state index in [1.165, 1.54) is 15.6 Å². The number of hydrazine groups is 1. The highest BCUT2D eigenvalue weighted by atomic mass is 32.2. The third kappa shape index (κ3) is 2.01. The lowest BCUT2D eigenvalue weighted by Gasteiger charge is -2.19. The third-order valence-electron chi connectivity index (χ3n) is 3.58. The minimum absolute atomic E-state index is 0.00181. The normalized spacial score (nSPS) is 19.8. The lowest BCUT2D eigenvalue weighted by atomic mass is 9.93. The molecule has 7 nitrogen and oxygen atoms in total. The summed E-state index contributed by atoms with van der Waals surface area (Å²) < 4.78 is 28.8. The second-order valence-corrected chi connectivity index (χ2v) is 8.44. The number of sulfonamides is 1. The summed E-state index contributed by atoms with van der Waals surface area (Å²) in [5, 5.41) is 1.92. The van der Waals surface area contributed by atoms with Crippen LogP contribution in [0.5, 0.6) is 0 Å². The van der Waals surface area contributed by atoms with Crippen molar-refractivity contribution in [3.63, 3.8) is 0 Å². The highest BCUT2D eigenvalue weighted by Crippen LogP contribution is 2.35. The standard InChI is InChI=1S/C11H17N5O2S2/c1-11(2)3-4-15(7-11)20(17,18)9-8(14-12)13-10-16(9)5-6-19-10/h5-6,14H,3-4,7,12H2,1-2H3. The summed E-state index contributed by atoms with van der Waals surface area (Å²) in [5.74, 6) is 5.61. The van der Waals surface area contributed by atoms with Crippen molar-refractivity contribution in [2.75, 3.05) is 18.5 Å². The number of anilines is 1. The van der Waals surface area contributed by atoms with Crippen molar-refractivity contribution in [3.05, 3.63) is 11.6 Å². The number of hydrogen-bond donors (Lipinski definition) is 2. The van der Waals surface area contributed by atoms with Crippen LogP contribution in [0.15, 0.2) is 16.6 Å². The number of fused-ring (bicyclic) bond motifs is 1. The Morgan fingerprint density at radius 2 is 2.25 bits per heavy atom. The van der Waals surface area contributed by atoms with E-state index in [1.807, 2.05) is 0 Å². The molecular weight excluding hydrogens is 298 g/mol. The molecule has 20 heavy (non-hydrogen) atoms. The molecule has 1 aliphatic rings. The van der Waals surface area contributed by atoms with Crippen LogP contribution in [0, 0.1) is 5.41 Å². The summed E-state index contributed by atoms with van der Waals surface area (Å²) in [4.78, 5) is 4.81. The summed E-state index contributed by atoms with van der Waals surface area (Å²) >= 11 is 1.37. The quantitative estimate of drug-likeness (QED) is 0.653. The van der Waals surface area contributed by atoms with Gasteiger partial charge in [-0.3, -0.25) is 4.40 Å². The fourth-order valence-corrected chi connectivity index (χ4v) is 5.11. The number of thiazole rings is 1. The molecular formula is C11H17N5O2S2. The Balaban J connectivity index is 2.12. The van der Waals surface area contributed by atoms with Gasteiger partial charge in [-0.1, -0.05) is 13.8 Å². The maximum absolute atomic E-state index is 12.8. The Morgan fingerprint density at radius 1 is 1.50 bits per heavy atom. The molecule has 0 saturated carbocycles. The van der Waals surface area contributed by atoms with E-state index in [1.54, 1.807) is 16.0 Å². The first kappa shape index (κ1) is 13.8. The number of imidazole rings is 1. The lowest BCUT2D eigenvalue weighted by molar-refractivity contribution is 0.375. The van der Waals surface area contributed by atoms with Crippen molar-refractivity contribution in [1.82, 2.24) is 13.7 Å². The zero-order chi connectivity index (χ0) is 14.5. The van der Waals surface area contributed by atoms with Crippen LogP contribution in [0.3, 0.4) is 0 Å². The van der Waals surface area contributed by atoms with E-state index in [4.69, 9.17) is 5.84 Å². The third-order valence-corrected chi connectivity index (χ3v) is 6.21. The van der Waals surface area contributed by atoms with Gasteiger partial charge in [0.15, 0.2) is 10.8 Å². The monoisotopic (exact) mass is 315 g/mol. The number of hydrogen-bond acceptors (Lipinski definition) is 6. The highest BCUT2D eigenvalue weighted by molar-refractivity contribution is 7.89. The Hall–Kier alpha value is -1.16. The molecule has 3 rings (SSSR count). The Morgan fingerprint density at radius 3 is 2.85 bits per heavy atom. The van der Waals surface area contributed by atoms with Gasteiger partial charge < -0.3 is 5.43 Å². The first-order chi connectivity index (χ1) is 9.35. The summed E-state index contributed by atoms with van der Waals surface area (Å²) in [6, 6.07) is 0. The van der Waals surface area contributed by atoms with Crippen LogP contribution in [0.2, 0.25) is 0 Å². The summed E-state index contributed by atoms with van der Waals surface area (Å²) in [6.07, 6.45) is 2.55. The first-order valence-electron chi connectivity index (χ1n) is 6.27. The van der Waals surface area contributed by atoms with Gasteiger partial charge in [-0.2, -0.15) is 9.29 Å². The van der Waals surface area contributed by atoms with E-state index >= 15 is 0 Å². The maximum Gasteiger partial charge on any atom is 0.262 e. The van der Waals surface area contributed by atoms with Crippen molar-refractivity contribution in [3.8, 4) is 0 Å². The van der Waals surface area contributed by atoms with Crippen LogP contribution in [-0.4, -0.2) is 35.2 Å². The smallest absolute Gasteiger partial charge is 0.262 e. The Bertz CT molecular complexity index is 746. The van der Waals surface area contributed by atoms with E-state index in [0.717, 1.165) is 6.42 Å². The van der Waals surface area contributed by atoms with E-state index in [9.17, 15) is 8.42 Å². The van der Waals surface area contributed by atoms with Crippen LogP contribution >= 0.6 is 11.3 Å². The van der Waals surface area contributed by atoms with Crippen LogP contribution in [0.25, 0.3) is 4.96 Å². The molecule has 0 aromatic carbocycles. The van der Waals surface area contributed by atoms with Gasteiger partial charge in [0.2, 0.25) is 5.03 Å². The van der Waals surface area contributed by atoms with Gasteiger partial charge in [0.05, 0.1) is 0 Å². The number of nitrogens with one attached hydrogen (secondary N) is 1. The van der Waals surface area contributed by atoms with Crippen LogP contribution in [-0.2, 0) is 10.0 Å². The molecule has 3 heterocycles. The van der Waals surface area contributed by atoms with Gasteiger partial charge in [-0.15, -0.1) is 11.3 Å². The van der Waals surface area contributed by atoms with Crippen molar-refractivity contribution >= 4 is 32.1 Å². The molecule has 0 aliphatic carbocycles. The molecule has 1 aliphatic heterocycles. The number of nitrogen functional groups attached to an aromatic ring is 1. The van der Waals surface area contributed by atoms with E-state index in [-0.39, 0.29) is 16.3 Å². The number of nitrogens with zero attached hydrogens (tertiary/aromatic N) is 3. The van der Waals surface area contributed by atoms with Crippen molar-refractivity contribution in [2.24, 2.45) is 11.3 Å². The predicted molar refractivity (Wildman–Crippen MR) is 78.0 cm³/mol. The molecule has 110 valence electrons. The minimum atomic E-state index is -3.61. The summed E-state index contributed by atoms with van der Waals surface area (Å²) in [5.41, 5.74) is 2.39. The fourth-order valence-electron chi connectivity index (χ4n) is 2.50. The zero-order valence-electron chi connectivity index (χ0n) is 11.3. The Labute approximate surface area is 121 Å². The number of nitrogens with two attached hydrogens (primary N) is 1. The van der Waals surface area contributed by atoms with E-state index in [0.29, 0.717) is 18.1 Å². The SMILES string of the molecule is CC1(C)CCN(S(=O)(=O)c2c(NN)nc3sccn23)C1. The van der Waals surface area contributed by atoms with E-state index < -0.39 is 10.0 Å². The van der Waals surface area contributed by atoms with E-state index in [2.05, 4.69) is 24.3 Å². The van der Waals surface area contributed by atoms with Crippen molar-refractivity contribution < 1.29 is 8.42 Å². The largest absolute Gasteiger partial charge is 0.306 e. The first-order valence-corrected chi connectivity index (χ1v) is 8.59. The molecule has 1 fully saturated rings. The number of rotatable bonds is 3.